The summed E-state index contributed by atoms with van der Waals surface area (Å²) >= 11 is 0. The smallest absolute Gasteiger partial charge is 0.550 e. The number of allylic oxidation sites excluding steroid dienone is 2. The molecule has 0 aliphatic rings. The van der Waals surface area contributed by atoms with Crippen molar-refractivity contribution in [2.75, 3.05) is 19.6 Å². The number of nitrogens with zero attached hydrogens (tertiary/aromatic N) is 1. The van der Waals surface area contributed by atoms with E-state index < -0.39 is 5.97 Å². The van der Waals surface area contributed by atoms with E-state index in [4.69, 9.17) is 0 Å². The van der Waals surface area contributed by atoms with Crippen molar-refractivity contribution in [2.24, 2.45) is 0 Å². The first-order valence-electron chi connectivity index (χ1n) is 8.92. The minimum atomic E-state index is -0.957. The number of hydrogen-bond acceptors (Lipinski definition) is 3. The van der Waals surface area contributed by atoms with Gasteiger partial charge >= 0.3 is 18.9 Å². The van der Waals surface area contributed by atoms with E-state index in [1.807, 2.05) is 0 Å². The van der Waals surface area contributed by atoms with Gasteiger partial charge in [0.25, 0.3) is 0 Å². The van der Waals surface area contributed by atoms with Crippen LogP contribution in [0, 0.1) is 0 Å². The first-order valence-corrected chi connectivity index (χ1v) is 8.92. The van der Waals surface area contributed by atoms with Gasteiger partial charge in [-0.2, -0.15) is 0 Å². The summed E-state index contributed by atoms with van der Waals surface area (Å²) in [4.78, 5) is 12.9. The zero-order chi connectivity index (χ0) is 16.5. The van der Waals surface area contributed by atoms with Crippen LogP contribution in [0.15, 0.2) is 24.3 Å². The Balaban J connectivity index is 0. The van der Waals surface area contributed by atoms with E-state index in [1.54, 1.807) is 0 Å². The summed E-state index contributed by atoms with van der Waals surface area (Å²) in [6.07, 6.45) is 18.3. The molecule has 0 aromatic rings. The van der Waals surface area contributed by atoms with Crippen LogP contribution in [0.4, 0.5) is 0 Å². The Labute approximate surface area is 155 Å². The van der Waals surface area contributed by atoms with Crippen LogP contribution < -0.4 is 24.0 Å². The fourth-order valence-corrected chi connectivity index (χ4v) is 2.21. The summed E-state index contributed by atoms with van der Waals surface area (Å²) in [5.74, 6) is -0.957. The molecule has 0 unspecified atom stereocenters. The van der Waals surface area contributed by atoms with Crippen LogP contribution in [-0.2, 0) is 4.79 Å². The molecule has 0 N–H and O–H groups in total. The molecule has 0 saturated carbocycles. The number of aliphatic carboxylic acids is 1. The maximum absolute atomic E-state index is 10.6. The van der Waals surface area contributed by atoms with Gasteiger partial charge in [0.15, 0.2) is 0 Å². The summed E-state index contributed by atoms with van der Waals surface area (Å²) in [5.41, 5.74) is 0. The molecule has 0 spiro atoms. The summed E-state index contributed by atoms with van der Waals surface area (Å²) < 4.78 is 0. The molecule has 0 fully saturated rings. The molecule has 0 atom stereocenters. The van der Waals surface area contributed by atoms with Crippen LogP contribution in [0.1, 0.15) is 71.6 Å². The van der Waals surface area contributed by atoms with Gasteiger partial charge in [0.05, 0.1) is 0 Å². The van der Waals surface area contributed by atoms with Crippen molar-refractivity contribution in [3.63, 3.8) is 0 Å². The van der Waals surface area contributed by atoms with Crippen LogP contribution in [0.3, 0.4) is 0 Å². The Morgan fingerprint density at radius 3 is 1.65 bits per heavy atom. The molecule has 0 amide bonds. The molecule has 128 valence electrons. The second-order valence-electron chi connectivity index (χ2n) is 5.77. The molecule has 23 heavy (non-hydrogen) atoms. The molecule has 0 bridgehead atoms. The van der Waals surface area contributed by atoms with Gasteiger partial charge in [-0.1, -0.05) is 63.8 Å². The number of hydrogen-bond donors (Lipinski definition) is 0. The van der Waals surface area contributed by atoms with E-state index in [2.05, 4.69) is 43.1 Å². The fourth-order valence-electron chi connectivity index (χ4n) is 2.21. The molecular weight excluding hydrogens is 281 g/mol. The first kappa shape index (κ1) is 24.8. The number of carbonyl (C=O) groups excluding carboxylic acids is 1. The van der Waals surface area contributed by atoms with Gasteiger partial charge in [-0.25, -0.2) is 0 Å². The second kappa shape index (κ2) is 19.6. The number of carboxylic acids is 1. The van der Waals surface area contributed by atoms with Crippen molar-refractivity contribution in [3.05, 3.63) is 24.3 Å². The topological polar surface area (TPSA) is 43.4 Å². The van der Waals surface area contributed by atoms with Gasteiger partial charge in [-0.15, -0.1) is 0 Å². The van der Waals surface area contributed by atoms with Crippen molar-refractivity contribution in [2.45, 2.75) is 71.6 Å². The third-order valence-electron chi connectivity index (χ3n) is 3.64. The Morgan fingerprint density at radius 2 is 1.26 bits per heavy atom. The summed E-state index contributed by atoms with van der Waals surface area (Å²) in [5, 5.41) is 10.6. The Bertz CT molecular complexity index is 294. The molecular formula is C19H34LiNO2. The summed E-state index contributed by atoms with van der Waals surface area (Å²) in [7, 11) is 0. The minimum absolute atomic E-state index is 0. The fraction of sp³-hybridized carbons (Fsp3) is 0.737. The molecule has 0 aromatic heterocycles. The third kappa shape index (κ3) is 19.5. The normalized spacial score (nSPS) is 11.4. The Hall–Kier alpha value is -0.493. The first-order chi connectivity index (χ1) is 10.7. The van der Waals surface area contributed by atoms with E-state index in [-0.39, 0.29) is 25.3 Å². The Kier molecular flexibility index (Phi) is 21.0. The Morgan fingerprint density at radius 1 is 0.826 bits per heavy atom. The molecule has 0 saturated heterocycles. The molecule has 0 heterocycles. The SMILES string of the molecule is CCCC/C=C/CCN(CC/C=C/CCCC)CCC(=O)[O-].[Li+]. The van der Waals surface area contributed by atoms with Crippen molar-refractivity contribution >= 4 is 5.97 Å². The molecule has 3 nitrogen and oxygen atoms in total. The predicted octanol–water partition coefficient (Wildman–Crippen LogP) is 0.705. The van der Waals surface area contributed by atoms with Crippen molar-refractivity contribution in [3.8, 4) is 0 Å². The third-order valence-corrected chi connectivity index (χ3v) is 3.64. The van der Waals surface area contributed by atoms with E-state index in [0.29, 0.717) is 6.54 Å². The zero-order valence-corrected chi connectivity index (χ0v) is 15.6. The van der Waals surface area contributed by atoms with Crippen LogP contribution in [0.5, 0.6) is 0 Å². The van der Waals surface area contributed by atoms with Gasteiger partial charge in [0.1, 0.15) is 0 Å². The van der Waals surface area contributed by atoms with Crippen molar-refractivity contribution in [1.82, 2.24) is 4.90 Å². The van der Waals surface area contributed by atoms with Crippen LogP contribution in [0.2, 0.25) is 0 Å². The van der Waals surface area contributed by atoms with Crippen LogP contribution in [0.25, 0.3) is 0 Å². The molecule has 0 aliphatic carbocycles. The van der Waals surface area contributed by atoms with Crippen LogP contribution in [-0.4, -0.2) is 30.5 Å². The summed E-state index contributed by atoms with van der Waals surface area (Å²) in [6.45, 7) is 6.85. The maximum Gasteiger partial charge on any atom is 1.00 e. The molecule has 0 aliphatic heterocycles. The van der Waals surface area contributed by atoms with Crippen molar-refractivity contribution in [1.29, 1.82) is 0 Å². The monoisotopic (exact) mass is 315 g/mol. The quantitative estimate of drug-likeness (QED) is 0.254. The number of unbranched alkanes of at least 4 members (excludes halogenated alkanes) is 4. The van der Waals surface area contributed by atoms with Gasteiger partial charge in [0, 0.05) is 25.6 Å². The largest absolute Gasteiger partial charge is 1.00 e. The van der Waals surface area contributed by atoms with E-state index >= 15 is 0 Å². The van der Waals surface area contributed by atoms with Gasteiger partial charge in [-0.3, -0.25) is 0 Å². The number of carbonyl (C=O) groups is 1. The number of rotatable bonds is 15. The van der Waals surface area contributed by atoms with Gasteiger partial charge in [0.2, 0.25) is 0 Å². The second-order valence-corrected chi connectivity index (χ2v) is 5.77. The zero-order valence-electron chi connectivity index (χ0n) is 15.6. The van der Waals surface area contributed by atoms with Gasteiger partial charge in [-0.05, 0) is 32.1 Å². The molecule has 0 rings (SSSR count). The van der Waals surface area contributed by atoms with E-state index in [9.17, 15) is 9.90 Å². The summed E-state index contributed by atoms with van der Waals surface area (Å²) in [6, 6.07) is 0. The predicted molar refractivity (Wildman–Crippen MR) is 92.6 cm³/mol. The molecule has 0 aromatic carbocycles. The van der Waals surface area contributed by atoms with E-state index in [0.717, 1.165) is 38.8 Å². The molecule has 0 radical (unpaired) electrons. The van der Waals surface area contributed by atoms with Gasteiger partial charge < -0.3 is 14.8 Å². The van der Waals surface area contributed by atoms with E-state index in [1.165, 1.54) is 25.7 Å². The maximum atomic E-state index is 10.6. The van der Waals surface area contributed by atoms with Crippen molar-refractivity contribution < 1.29 is 28.8 Å². The van der Waals surface area contributed by atoms with Crippen LogP contribution >= 0.6 is 0 Å². The average Bonchev–Trinajstić information content (AvgIpc) is 2.50. The molecule has 4 heteroatoms. The standard InChI is InChI=1S/C19H35NO2.Li/c1-3-5-7-9-11-13-16-20(18-15-19(21)22)17-14-12-10-8-6-4-2;/h9-12H,3-8,13-18H2,1-2H3,(H,21,22);/q;+1/p-1/b11-9+,12-10+;. The number of carboxylic acid groups (broad SMARTS) is 1. The minimum Gasteiger partial charge on any atom is -0.550 e. The average molecular weight is 315 g/mol.